The van der Waals surface area contributed by atoms with Crippen molar-refractivity contribution in [1.29, 1.82) is 0 Å². The molecule has 4 nitrogen and oxygen atoms in total. The van der Waals surface area contributed by atoms with Crippen molar-refractivity contribution >= 4 is 14.3 Å². The van der Waals surface area contributed by atoms with Gasteiger partial charge in [0.1, 0.15) is 0 Å². The third-order valence-electron chi connectivity index (χ3n) is 6.05. The summed E-state index contributed by atoms with van der Waals surface area (Å²) >= 11 is 0. The van der Waals surface area contributed by atoms with E-state index in [0.29, 0.717) is 13.0 Å². The lowest BCUT2D eigenvalue weighted by atomic mass is 10.1. The lowest BCUT2D eigenvalue weighted by Gasteiger charge is -2.39. The second kappa shape index (κ2) is 10.9. The van der Waals surface area contributed by atoms with Crippen LogP contribution in [-0.2, 0) is 27.0 Å². The van der Waals surface area contributed by atoms with Crippen molar-refractivity contribution in [1.82, 2.24) is 4.90 Å². The van der Waals surface area contributed by atoms with Crippen molar-refractivity contribution in [3.05, 3.63) is 71.8 Å². The Bertz CT molecular complexity index is 730. The van der Waals surface area contributed by atoms with Crippen LogP contribution in [0.4, 0.5) is 0 Å². The fourth-order valence-corrected chi connectivity index (χ4v) is 4.08. The molecule has 0 amide bonds. The number of hydrogen-bond donors (Lipinski definition) is 0. The Labute approximate surface area is 183 Å². The Kier molecular flexibility index (Phi) is 8.83. The molecule has 0 saturated carbocycles. The normalized spacial score (nSPS) is 13.3. The lowest BCUT2D eigenvalue weighted by Crippen LogP contribution is -2.46. The van der Waals surface area contributed by atoms with Gasteiger partial charge >= 0.3 is 5.97 Å². The molecule has 0 fully saturated rings. The Morgan fingerprint density at radius 2 is 1.40 bits per heavy atom. The molecule has 0 bridgehead atoms. The van der Waals surface area contributed by atoms with Gasteiger partial charge in [-0.2, -0.15) is 0 Å². The van der Waals surface area contributed by atoms with Crippen molar-refractivity contribution in [2.45, 2.75) is 64.5 Å². The highest BCUT2D eigenvalue weighted by Gasteiger charge is 2.38. The Balaban J connectivity index is 2.28. The maximum atomic E-state index is 12.3. The van der Waals surface area contributed by atoms with E-state index in [1.54, 1.807) is 0 Å². The van der Waals surface area contributed by atoms with E-state index in [1.807, 2.05) is 12.1 Å². The van der Waals surface area contributed by atoms with Gasteiger partial charge in [0.15, 0.2) is 8.32 Å². The predicted molar refractivity (Wildman–Crippen MR) is 126 cm³/mol. The van der Waals surface area contributed by atoms with Crippen LogP contribution in [0.1, 0.15) is 38.3 Å². The molecule has 0 spiro atoms. The van der Waals surface area contributed by atoms with Gasteiger partial charge in [-0.25, -0.2) is 0 Å². The van der Waals surface area contributed by atoms with Crippen molar-refractivity contribution < 1.29 is 14.0 Å². The Morgan fingerprint density at radius 1 is 0.933 bits per heavy atom. The minimum atomic E-state index is -1.94. The predicted octanol–water partition coefficient (Wildman–Crippen LogP) is 5.64. The summed E-state index contributed by atoms with van der Waals surface area (Å²) in [5.41, 5.74) is 2.44. The molecule has 0 saturated heterocycles. The van der Waals surface area contributed by atoms with Gasteiger partial charge in [0.2, 0.25) is 0 Å². The summed E-state index contributed by atoms with van der Waals surface area (Å²) in [6.45, 7) is 13.2. The molecule has 30 heavy (non-hydrogen) atoms. The average Bonchev–Trinajstić information content (AvgIpc) is 2.71. The van der Waals surface area contributed by atoms with Crippen LogP contribution in [0.15, 0.2) is 60.7 Å². The maximum absolute atomic E-state index is 12.3. The molecule has 0 aliphatic carbocycles. The zero-order chi connectivity index (χ0) is 22.2. The highest BCUT2D eigenvalue weighted by atomic mass is 28.4. The molecule has 2 rings (SSSR count). The fraction of sp³-hybridized carbons (Fsp3) is 0.480. The van der Waals surface area contributed by atoms with Crippen LogP contribution in [0.3, 0.4) is 0 Å². The molecule has 0 unspecified atom stereocenters. The molecule has 2 aromatic rings. The number of nitrogens with zero attached hydrogens (tertiary/aromatic N) is 1. The van der Waals surface area contributed by atoms with Crippen LogP contribution in [0.25, 0.3) is 0 Å². The maximum Gasteiger partial charge on any atom is 0.307 e. The zero-order valence-corrected chi connectivity index (χ0v) is 20.4. The SMILES string of the molecule is COC(=O)C[C@@H](CO[Si](C)(C)C(C)(C)C)N(Cc1ccccc1)Cc1ccccc1. The van der Waals surface area contributed by atoms with E-state index in [4.69, 9.17) is 9.16 Å². The number of carbonyl (C=O) groups is 1. The van der Waals surface area contributed by atoms with Crippen molar-refractivity contribution in [3.63, 3.8) is 0 Å². The number of methoxy groups -OCH3 is 1. The van der Waals surface area contributed by atoms with Crippen LogP contribution in [-0.4, -0.2) is 38.9 Å². The Hall–Kier alpha value is -1.95. The molecule has 0 heterocycles. The largest absolute Gasteiger partial charge is 0.469 e. The first kappa shape index (κ1) is 24.3. The molecule has 0 aromatic heterocycles. The average molecular weight is 428 g/mol. The summed E-state index contributed by atoms with van der Waals surface area (Å²) in [5, 5.41) is 0.118. The van der Waals surface area contributed by atoms with Gasteiger partial charge in [0.25, 0.3) is 0 Å². The molecule has 0 aliphatic rings. The Morgan fingerprint density at radius 3 is 1.80 bits per heavy atom. The summed E-state index contributed by atoms with van der Waals surface area (Å²) in [4.78, 5) is 14.6. The smallest absolute Gasteiger partial charge is 0.307 e. The number of esters is 1. The number of benzene rings is 2. The van der Waals surface area contributed by atoms with E-state index >= 15 is 0 Å². The van der Waals surface area contributed by atoms with E-state index in [2.05, 4.69) is 87.3 Å². The van der Waals surface area contributed by atoms with Crippen molar-refractivity contribution in [2.75, 3.05) is 13.7 Å². The van der Waals surface area contributed by atoms with E-state index in [0.717, 1.165) is 13.1 Å². The van der Waals surface area contributed by atoms with Gasteiger partial charge in [-0.1, -0.05) is 81.4 Å². The van der Waals surface area contributed by atoms with Gasteiger partial charge in [-0.15, -0.1) is 0 Å². The second-order valence-electron chi connectivity index (χ2n) is 9.38. The van der Waals surface area contributed by atoms with Crippen LogP contribution >= 0.6 is 0 Å². The highest BCUT2D eigenvalue weighted by molar-refractivity contribution is 6.74. The summed E-state index contributed by atoms with van der Waals surface area (Å²) in [5.74, 6) is -0.204. The van der Waals surface area contributed by atoms with E-state index < -0.39 is 8.32 Å². The summed E-state index contributed by atoms with van der Waals surface area (Å²) in [6.07, 6.45) is 0.310. The molecular formula is C25H37NO3Si. The molecule has 2 aromatic carbocycles. The molecule has 1 atom stereocenters. The first-order chi connectivity index (χ1) is 14.1. The summed E-state index contributed by atoms with van der Waals surface area (Å²) in [7, 11) is -0.486. The number of rotatable bonds is 10. The summed E-state index contributed by atoms with van der Waals surface area (Å²) < 4.78 is 11.6. The van der Waals surface area contributed by atoms with Crippen molar-refractivity contribution in [2.24, 2.45) is 0 Å². The van der Waals surface area contributed by atoms with Gasteiger partial charge in [-0.05, 0) is 29.3 Å². The number of ether oxygens (including phenoxy) is 1. The minimum Gasteiger partial charge on any atom is -0.469 e. The molecule has 0 N–H and O–H groups in total. The standard InChI is InChI=1S/C25H37NO3Si/c1-25(2,3)30(5,6)29-20-23(17-24(27)28-4)26(18-21-13-9-7-10-14-21)19-22-15-11-8-12-16-22/h7-16,23H,17-20H2,1-6H3/t23-/m0/s1. The molecular weight excluding hydrogens is 390 g/mol. The molecule has 5 heteroatoms. The molecule has 164 valence electrons. The summed E-state index contributed by atoms with van der Waals surface area (Å²) in [6, 6.07) is 20.7. The first-order valence-electron chi connectivity index (χ1n) is 10.6. The monoisotopic (exact) mass is 427 g/mol. The van der Waals surface area contributed by atoms with Crippen LogP contribution < -0.4 is 0 Å². The first-order valence-corrected chi connectivity index (χ1v) is 13.6. The van der Waals surface area contributed by atoms with Gasteiger partial charge < -0.3 is 9.16 Å². The minimum absolute atomic E-state index is 0.0630. The fourth-order valence-electron chi connectivity index (χ4n) is 3.04. The quantitative estimate of drug-likeness (QED) is 0.363. The third-order valence-corrected chi connectivity index (χ3v) is 10.5. The molecule has 0 aliphatic heterocycles. The van der Waals surface area contributed by atoms with Crippen molar-refractivity contribution in [3.8, 4) is 0 Å². The second-order valence-corrected chi connectivity index (χ2v) is 14.2. The third kappa shape index (κ3) is 7.38. The van der Waals surface area contributed by atoms with Gasteiger partial charge in [0, 0.05) is 19.1 Å². The van der Waals surface area contributed by atoms with Crippen LogP contribution in [0, 0.1) is 0 Å². The van der Waals surface area contributed by atoms with E-state index in [-0.39, 0.29) is 17.0 Å². The number of hydrogen-bond acceptors (Lipinski definition) is 4. The van der Waals surface area contributed by atoms with E-state index in [1.165, 1.54) is 18.2 Å². The number of carbonyl (C=O) groups excluding carboxylic acids is 1. The lowest BCUT2D eigenvalue weighted by molar-refractivity contribution is -0.142. The van der Waals surface area contributed by atoms with E-state index in [9.17, 15) is 4.79 Å². The van der Waals surface area contributed by atoms with Crippen LogP contribution in [0.5, 0.6) is 0 Å². The topological polar surface area (TPSA) is 38.8 Å². The van der Waals surface area contributed by atoms with Gasteiger partial charge in [0.05, 0.1) is 20.1 Å². The van der Waals surface area contributed by atoms with Gasteiger partial charge in [-0.3, -0.25) is 9.69 Å². The molecule has 0 radical (unpaired) electrons. The van der Waals surface area contributed by atoms with Crippen LogP contribution in [0.2, 0.25) is 18.1 Å². The zero-order valence-electron chi connectivity index (χ0n) is 19.4. The highest BCUT2D eigenvalue weighted by Crippen LogP contribution is 2.37.